The highest BCUT2D eigenvalue weighted by molar-refractivity contribution is 5.65. The van der Waals surface area contributed by atoms with Gasteiger partial charge >= 0.3 is 0 Å². The van der Waals surface area contributed by atoms with E-state index in [0.29, 0.717) is 11.5 Å². The van der Waals surface area contributed by atoms with Crippen LogP contribution in [-0.2, 0) is 0 Å². The minimum Gasteiger partial charge on any atom is -0.507 e. The van der Waals surface area contributed by atoms with Gasteiger partial charge in [0.25, 0.3) is 0 Å². The van der Waals surface area contributed by atoms with Gasteiger partial charge in [0, 0.05) is 0 Å². The van der Waals surface area contributed by atoms with Crippen molar-refractivity contribution in [1.29, 1.82) is 0 Å². The molecule has 0 radical (unpaired) electrons. The molecule has 26 heavy (non-hydrogen) atoms. The molecule has 136 valence electrons. The Bertz CT molecular complexity index is 798. The smallest absolute Gasteiger partial charge is 0.121 e. The highest BCUT2D eigenvalue weighted by Gasteiger charge is 2.24. The van der Waals surface area contributed by atoms with E-state index < -0.39 is 6.10 Å². The van der Waals surface area contributed by atoms with Gasteiger partial charge in [-0.05, 0) is 109 Å². The fraction of sp³-hybridized carbons (Fsp3) is 0.304. The summed E-state index contributed by atoms with van der Waals surface area (Å²) in [6.07, 6.45) is 5.11. The molecule has 1 atom stereocenters. The summed E-state index contributed by atoms with van der Waals surface area (Å²) in [5.74, 6) is 0.663. The summed E-state index contributed by atoms with van der Waals surface area (Å²) in [4.78, 5) is 0. The molecular weight excluding hydrogens is 324 g/mol. The maximum Gasteiger partial charge on any atom is 0.121 e. The number of benzene rings is 2. The number of rotatable bonds is 2. The van der Waals surface area contributed by atoms with Gasteiger partial charge in [0.2, 0.25) is 0 Å². The van der Waals surface area contributed by atoms with E-state index in [-0.39, 0.29) is 0 Å². The number of hydrogen-bond acceptors (Lipinski definition) is 3. The fourth-order valence-corrected chi connectivity index (χ4v) is 3.68. The van der Waals surface area contributed by atoms with Crippen molar-refractivity contribution in [3.8, 4) is 11.5 Å². The summed E-state index contributed by atoms with van der Waals surface area (Å²) in [6.45, 7) is 7.54. The summed E-state index contributed by atoms with van der Waals surface area (Å²) < 4.78 is 0. The number of phenolic OH excluding ortho intramolecular Hbond substituents is 2. The zero-order valence-corrected chi connectivity index (χ0v) is 15.8. The molecule has 3 N–H and O–H groups in total. The zero-order valence-electron chi connectivity index (χ0n) is 15.8. The molecule has 1 fully saturated rings. The first-order valence-corrected chi connectivity index (χ1v) is 8.95. The minimum absolute atomic E-state index is 0.331. The summed E-state index contributed by atoms with van der Waals surface area (Å²) in [5, 5.41) is 30.6. The third kappa shape index (κ3) is 3.54. The van der Waals surface area contributed by atoms with Crippen LogP contribution in [0.4, 0.5) is 0 Å². The maximum atomic E-state index is 10.7. The first-order valence-electron chi connectivity index (χ1n) is 8.95. The van der Waals surface area contributed by atoms with Crippen molar-refractivity contribution >= 4 is 12.2 Å². The molecular formula is C23H26O3. The average molecular weight is 350 g/mol. The van der Waals surface area contributed by atoms with Crippen molar-refractivity contribution in [2.24, 2.45) is 0 Å². The lowest BCUT2D eigenvalue weighted by Crippen LogP contribution is -2.05. The van der Waals surface area contributed by atoms with E-state index in [1.54, 1.807) is 0 Å². The number of aliphatic hydroxyl groups is 1. The lowest BCUT2D eigenvalue weighted by atomic mass is 10.0. The van der Waals surface area contributed by atoms with Gasteiger partial charge < -0.3 is 15.3 Å². The first kappa shape index (κ1) is 18.3. The van der Waals surface area contributed by atoms with E-state index in [1.165, 1.54) is 0 Å². The molecule has 1 aliphatic rings. The molecule has 0 saturated heterocycles. The Balaban J connectivity index is 1.89. The Morgan fingerprint density at radius 1 is 0.692 bits per heavy atom. The van der Waals surface area contributed by atoms with Crippen LogP contribution in [0.3, 0.4) is 0 Å². The molecule has 1 aliphatic carbocycles. The molecule has 3 rings (SSSR count). The van der Waals surface area contributed by atoms with Crippen LogP contribution >= 0.6 is 0 Å². The average Bonchev–Trinajstić information content (AvgIpc) is 2.90. The van der Waals surface area contributed by atoms with Crippen molar-refractivity contribution in [3.63, 3.8) is 0 Å². The molecule has 0 spiro atoms. The SMILES string of the molecule is Cc1cc(/C=C2/CC/C(=C\c3cc(C)c(O)c(C)c3)C2O)cc(C)c1O. The van der Waals surface area contributed by atoms with Crippen LogP contribution in [0.2, 0.25) is 0 Å². The van der Waals surface area contributed by atoms with Gasteiger partial charge in [-0.1, -0.05) is 12.2 Å². The molecule has 0 aromatic heterocycles. The second-order valence-electron chi connectivity index (χ2n) is 7.35. The van der Waals surface area contributed by atoms with E-state index in [2.05, 4.69) is 0 Å². The van der Waals surface area contributed by atoms with Crippen LogP contribution in [0.15, 0.2) is 35.4 Å². The molecule has 1 saturated carbocycles. The summed E-state index contributed by atoms with van der Waals surface area (Å²) >= 11 is 0. The van der Waals surface area contributed by atoms with Gasteiger partial charge in [-0.3, -0.25) is 0 Å². The maximum absolute atomic E-state index is 10.7. The number of phenols is 2. The summed E-state index contributed by atoms with van der Waals surface area (Å²) in [7, 11) is 0. The van der Waals surface area contributed by atoms with E-state index in [0.717, 1.165) is 57.4 Å². The molecule has 2 aromatic rings. The van der Waals surface area contributed by atoms with E-state index in [1.807, 2.05) is 64.1 Å². The monoisotopic (exact) mass is 350 g/mol. The molecule has 0 aliphatic heterocycles. The van der Waals surface area contributed by atoms with Crippen LogP contribution in [0.5, 0.6) is 11.5 Å². The molecule has 2 aromatic carbocycles. The van der Waals surface area contributed by atoms with Crippen LogP contribution in [-0.4, -0.2) is 21.4 Å². The van der Waals surface area contributed by atoms with Crippen molar-refractivity contribution in [3.05, 3.63) is 68.8 Å². The van der Waals surface area contributed by atoms with Crippen molar-refractivity contribution in [2.75, 3.05) is 0 Å². The Labute approximate surface area is 155 Å². The molecule has 0 heterocycles. The lowest BCUT2D eigenvalue weighted by Gasteiger charge is -2.10. The van der Waals surface area contributed by atoms with Crippen LogP contribution in [0.25, 0.3) is 12.2 Å². The van der Waals surface area contributed by atoms with Gasteiger partial charge in [0.15, 0.2) is 0 Å². The number of aryl methyl sites for hydroxylation is 4. The van der Waals surface area contributed by atoms with Gasteiger partial charge in [0.1, 0.15) is 11.5 Å². The fourth-order valence-electron chi connectivity index (χ4n) is 3.68. The van der Waals surface area contributed by atoms with E-state index in [4.69, 9.17) is 0 Å². The van der Waals surface area contributed by atoms with E-state index >= 15 is 0 Å². The topological polar surface area (TPSA) is 60.7 Å². The molecule has 0 amide bonds. The standard InChI is InChI=1S/C23H26O3/c1-13-7-17(8-14(2)21(13)24)11-19-5-6-20(23(19)26)12-18-9-15(3)22(25)16(4)10-18/h7-12,23-26H,5-6H2,1-4H3/b19-11-,20-12+. The highest BCUT2D eigenvalue weighted by Crippen LogP contribution is 2.35. The second kappa shape index (κ2) is 7.00. The predicted molar refractivity (Wildman–Crippen MR) is 106 cm³/mol. The lowest BCUT2D eigenvalue weighted by molar-refractivity contribution is 0.257. The number of hydrogen-bond donors (Lipinski definition) is 3. The number of aromatic hydroxyl groups is 2. The molecule has 3 nitrogen and oxygen atoms in total. The first-order chi connectivity index (χ1) is 12.3. The third-order valence-corrected chi connectivity index (χ3v) is 5.14. The van der Waals surface area contributed by atoms with Gasteiger partial charge in [-0.2, -0.15) is 0 Å². The van der Waals surface area contributed by atoms with Crippen molar-refractivity contribution in [2.45, 2.75) is 46.6 Å². The molecule has 3 heteroatoms. The summed E-state index contributed by atoms with van der Waals surface area (Å²) in [5.41, 5.74) is 7.37. The number of aliphatic hydroxyl groups excluding tert-OH is 1. The Morgan fingerprint density at radius 3 is 1.31 bits per heavy atom. The molecule has 0 bridgehead atoms. The molecule has 1 unspecified atom stereocenters. The van der Waals surface area contributed by atoms with Gasteiger partial charge in [0.05, 0.1) is 6.10 Å². The minimum atomic E-state index is -0.584. The van der Waals surface area contributed by atoms with Gasteiger partial charge in [-0.15, -0.1) is 0 Å². The van der Waals surface area contributed by atoms with Crippen LogP contribution < -0.4 is 0 Å². The highest BCUT2D eigenvalue weighted by atomic mass is 16.3. The van der Waals surface area contributed by atoms with Crippen LogP contribution in [0.1, 0.15) is 46.2 Å². The Morgan fingerprint density at radius 2 is 1.00 bits per heavy atom. The Kier molecular flexibility index (Phi) is 4.92. The quantitative estimate of drug-likeness (QED) is 0.718. The Hall–Kier alpha value is -2.52. The van der Waals surface area contributed by atoms with Crippen molar-refractivity contribution in [1.82, 2.24) is 0 Å². The van der Waals surface area contributed by atoms with Crippen LogP contribution in [0, 0.1) is 27.7 Å². The van der Waals surface area contributed by atoms with E-state index in [9.17, 15) is 15.3 Å². The van der Waals surface area contributed by atoms with Crippen molar-refractivity contribution < 1.29 is 15.3 Å². The summed E-state index contributed by atoms with van der Waals surface area (Å²) in [6, 6.07) is 7.76. The normalized spacial score (nSPS) is 20.3. The largest absolute Gasteiger partial charge is 0.507 e. The predicted octanol–water partition coefficient (Wildman–Crippen LogP) is 4.95. The van der Waals surface area contributed by atoms with Gasteiger partial charge in [-0.25, -0.2) is 0 Å². The second-order valence-corrected chi connectivity index (χ2v) is 7.35. The zero-order chi connectivity index (χ0) is 19.0. The third-order valence-electron chi connectivity index (χ3n) is 5.14.